The summed E-state index contributed by atoms with van der Waals surface area (Å²) in [6, 6.07) is 4.07. The van der Waals surface area contributed by atoms with Crippen molar-refractivity contribution < 1.29 is 84.6 Å². The van der Waals surface area contributed by atoms with Crippen molar-refractivity contribution in [1.29, 1.82) is 0 Å². The predicted molar refractivity (Wildman–Crippen MR) is 143 cm³/mol. The molecule has 0 spiro atoms. The maximum absolute atomic E-state index is 13.0. The van der Waals surface area contributed by atoms with Crippen LogP contribution in [-0.2, 0) is 14.2 Å². The Morgan fingerprint density at radius 1 is 0.689 bits per heavy atom. The summed E-state index contributed by atoms with van der Waals surface area (Å²) in [6.07, 6.45) is -18.0. The molecule has 2 fully saturated rings. The molecule has 3 aromatic rings. The Bertz CT molecular complexity index is 1610. The molecule has 45 heavy (non-hydrogen) atoms. The van der Waals surface area contributed by atoms with Crippen LogP contribution in [0.2, 0.25) is 0 Å². The molecular formula is C27H30O18. The molecule has 1 aromatic heterocycles. The zero-order valence-corrected chi connectivity index (χ0v) is 22.8. The van der Waals surface area contributed by atoms with Crippen molar-refractivity contribution >= 4 is 11.0 Å². The van der Waals surface area contributed by atoms with Gasteiger partial charge in [0.2, 0.25) is 23.2 Å². The van der Waals surface area contributed by atoms with Crippen LogP contribution in [0.25, 0.3) is 22.3 Å². The Labute approximate surface area is 250 Å². The van der Waals surface area contributed by atoms with Crippen molar-refractivity contribution in [2.75, 3.05) is 13.2 Å². The van der Waals surface area contributed by atoms with Crippen LogP contribution in [0.15, 0.2) is 33.5 Å². The van der Waals surface area contributed by atoms with Crippen molar-refractivity contribution in [2.45, 2.75) is 61.4 Å². The summed E-state index contributed by atoms with van der Waals surface area (Å²) in [5, 5.41) is 122. The molecule has 246 valence electrons. The van der Waals surface area contributed by atoms with Gasteiger partial charge in [0.05, 0.1) is 13.2 Å². The van der Waals surface area contributed by atoms with E-state index in [9.17, 15) is 66.1 Å². The smallest absolute Gasteiger partial charge is 0.238 e. The van der Waals surface area contributed by atoms with Crippen LogP contribution in [-0.4, -0.2) is 136 Å². The molecule has 2 saturated heterocycles. The van der Waals surface area contributed by atoms with Gasteiger partial charge in [-0.15, -0.1) is 0 Å². The molecule has 2 aromatic carbocycles. The zero-order chi connectivity index (χ0) is 32.9. The third-order valence-corrected chi connectivity index (χ3v) is 7.52. The number of aliphatic hydroxyl groups is 7. The molecule has 5 rings (SSSR count). The fourth-order valence-electron chi connectivity index (χ4n) is 5.00. The van der Waals surface area contributed by atoms with Crippen LogP contribution in [0, 0.1) is 0 Å². The van der Waals surface area contributed by atoms with Crippen LogP contribution in [0.1, 0.15) is 0 Å². The Morgan fingerprint density at radius 3 is 1.93 bits per heavy atom. The maximum atomic E-state index is 13.0. The number of aliphatic hydroxyl groups excluding tert-OH is 7. The molecule has 0 bridgehead atoms. The number of hydrogen-bond donors (Lipinski definition) is 12. The highest BCUT2D eigenvalue weighted by Gasteiger charge is 2.51. The maximum Gasteiger partial charge on any atom is 0.238 e. The zero-order valence-electron chi connectivity index (χ0n) is 22.8. The average molecular weight is 643 g/mol. The Balaban J connectivity index is 1.54. The van der Waals surface area contributed by atoms with Gasteiger partial charge in [0, 0.05) is 11.6 Å². The second-order valence-electron chi connectivity index (χ2n) is 10.4. The van der Waals surface area contributed by atoms with E-state index in [1.54, 1.807) is 0 Å². The minimum atomic E-state index is -1.96. The quantitative estimate of drug-likeness (QED) is 0.114. The van der Waals surface area contributed by atoms with E-state index in [4.69, 9.17) is 23.4 Å². The van der Waals surface area contributed by atoms with E-state index < -0.39 is 131 Å². The number of phenols is 4. The summed E-state index contributed by atoms with van der Waals surface area (Å²) in [5.41, 5.74) is -1.79. The van der Waals surface area contributed by atoms with E-state index in [0.717, 1.165) is 18.2 Å². The van der Waals surface area contributed by atoms with Gasteiger partial charge in [-0.2, -0.15) is 0 Å². The number of phenolic OH excluding ortho intramolecular Hbond substituents is 4. The third-order valence-electron chi connectivity index (χ3n) is 7.52. The Kier molecular flexibility index (Phi) is 8.97. The van der Waals surface area contributed by atoms with Gasteiger partial charge in [0.15, 0.2) is 41.2 Å². The van der Waals surface area contributed by atoms with Gasteiger partial charge in [-0.1, -0.05) is 0 Å². The van der Waals surface area contributed by atoms with Crippen molar-refractivity contribution in [3.63, 3.8) is 0 Å². The number of benzene rings is 2. The van der Waals surface area contributed by atoms with Crippen LogP contribution >= 0.6 is 0 Å². The van der Waals surface area contributed by atoms with Crippen molar-refractivity contribution in [1.82, 2.24) is 0 Å². The average Bonchev–Trinajstić information content (AvgIpc) is 3.02. The van der Waals surface area contributed by atoms with Crippen molar-refractivity contribution in [3.05, 3.63) is 34.5 Å². The first-order chi connectivity index (χ1) is 21.3. The number of fused-ring (bicyclic) bond motifs is 1. The number of ether oxygens (including phenoxy) is 4. The molecule has 18 heteroatoms. The first kappa shape index (κ1) is 32.4. The van der Waals surface area contributed by atoms with E-state index in [1.807, 2.05) is 0 Å². The van der Waals surface area contributed by atoms with E-state index in [-0.39, 0.29) is 5.56 Å². The standard InChI is InChI=1S/C27H30O18/c28-5-12-16(33)20(37)23(40)26(43-12)45-25-21(38)17(34)13(6-29)44-27(25)42-11-4-10-14(18(35)15(11)32)19(36)22(39)24(41-10)7-1-2-8(30)9(31)3-7/h1-4,12-13,16-17,20-21,23,25-35,37-40H,5-6H2/t12-,13-,16+,17-,20-,21+,23+,25-,26-,27-/m1/s1. The molecule has 0 amide bonds. The SMILES string of the molecule is O=c1c(O)c(-c2ccc(O)c(O)c2)oc2cc(O[C@@H]3O[C@H](CO)[C@@H](O)[C@H](O)[C@H]3O[C@H]3O[C@H](CO)[C@H](O)[C@@H](O)[C@@H]3O)c(O)c(O)c12. The van der Waals surface area contributed by atoms with E-state index in [0.29, 0.717) is 0 Å². The minimum absolute atomic E-state index is 0.0802. The highest BCUT2D eigenvalue weighted by atomic mass is 16.8. The van der Waals surface area contributed by atoms with Gasteiger partial charge in [-0.3, -0.25) is 4.79 Å². The Morgan fingerprint density at radius 2 is 1.31 bits per heavy atom. The van der Waals surface area contributed by atoms with Gasteiger partial charge in [-0.25, -0.2) is 0 Å². The van der Waals surface area contributed by atoms with Crippen LogP contribution < -0.4 is 10.2 Å². The van der Waals surface area contributed by atoms with Gasteiger partial charge < -0.3 is 84.6 Å². The second kappa shape index (κ2) is 12.4. The summed E-state index contributed by atoms with van der Waals surface area (Å²) in [5.74, 6) is -5.60. The topological polar surface area (TPSA) is 310 Å². The molecule has 0 radical (unpaired) electrons. The second-order valence-corrected chi connectivity index (χ2v) is 10.4. The first-order valence-corrected chi connectivity index (χ1v) is 13.3. The van der Waals surface area contributed by atoms with Gasteiger partial charge in [0.25, 0.3) is 0 Å². The first-order valence-electron chi connectivity index (χ1n) is 13.3. The van der Waals surface area contributed by atoms with Gasteiger partial charge in [0.1, 0.15) is 53.7 Å². The summed E-state index contributed by atoms with van der Waals surface area (Å²) < 4.78 is 27.6. The molecule has 3 heterocycles. The molecule has 10 atom stereocenters. The molecule has 0 saturated carbocycles. The lowest BCUT2D eigenvalue weighted by atomic mass is 9.97. The lowest BCUT2D eigenvalue weighted by molar-refractivity contribution is -0.358. The van der Waals surface area contributed by atoms with Crippen molar-refractivity contribution in [3.8, 4) is 45.8 Å². The molecule has 12 N–H and O–H groups in total. The molecule has 2 aliphatic rings. The van der Waals surface area contributed by atoms with E-state index >= 15 is 0 Å². The van der Waals surface area contributed by atoms with E-state index in [1.165, 1.54) is 6.07 Å². The monoisotopic (exact) mass is 642 g/mol. The lowest BCUT2D eigenvalue weighted by Crippen LogP contribution is -2.65. The molecule has 0 unspecified atom stereocenters. The number of hydrogen-bond acceptors (Lipinski definition) is 18. The Hall–Kier alpha value is -3.95. The molecule has 2 aliphatic heterocycles. The molecule has 0 aliphatic carbocycles. The highest BCUT2D eigenvalue weighted by molar-refractivity contribution is 5.91. The minimum Gasteiger partial charge on any atom is -0.504 e. The van der Waals surface area contributed by atoms with Crippen LogP contribution in [0.3, 0.4) is 0 Å². The predicted octanol–water partition coefficient (Wildman–Crippen LogP) is -3.01. The summed E-state index contributed by atoms with van der Waals surface area (Å²) in [7, 11) is 0. The summed E-state index contributed by atoms with van der Waals surface area (Å²) in [4.78, 5) is 13.0. The largest absolute Gasteiger partial charge is 0.504 e. The van der Waals surface area contributed by atoms with Crippen molar-refractivity contribution in [2.24, 2.45) is 0 Å². The number of rotatable bonds is 7. The van der Waals surface area contributed by atoms with Crippen LogP contribution in [0.5, 0.6) is 34.5 Å². The summed E-state index contributed by atoms with van der Waals surface area (Å²) >= 11 is 0. The molecule has 18 nitrogen and oxygen atoms in total. The molecular weight excluding hydrogens is 612 g/mol. The van der Waals surface area contributed by atoms with Crippen LogP contribution in [0.4, 0.5) is 0 Å². The fourth-order valence-corrected chi connectivity index (χ4v) is 5.00. The lowest BCUT2D eigenvalue weighted by Gasteiger charge is -2.45. The van der Waals surface area contributed by atoms with Gasteiger partial charge in [-0.05, 0) is 18.2 Å². The third kappa shape index (κ3) is 5.68. The fraction of sp³-hybridized carbons (Fsp3) is 0.444. The van der Waals surface area contributed by atoms with E-state index in [2.05, 4.69) is 0 Å². The summed E-state index contributed by atoms with van der Waals surface area (Å²) in [6.45, 7) is -1.68. The normalized spacial score (nSPS) is 32.1. The van der Waals surface area contributed by atoms with Gasteiger partial charge >= 0.3 is 0 Å². The number of aromatic hydroxyl groups is 5. The highest BCUT2D eigenvalue weighted by Crippen LogP contribution is 2.45.